The van der Waals surface area contributed by atoms with E-state index < -0.39 is 10.8 Å². The molecule has 1 N–H and O–H groups in total. The summed E-state index contributed by atoms with van der Waals surface area (Å²) in [6.45, 7) is 0. The lowest BCUT2D eigenvalue weighted by Crippen LogP contribution is -2.13. The lowest BCUT2D eigenvalue weighted by molar-refractivity contribution is -0.384. The van der Waals surface area contributed by atoms with Crippen molar-refractivity contribution in [2.45, 2.75) is 0 Å². The molecule has 1 aromatic heterocycles. The number of hydrogen-bond donors (Lipinski definition) is 1. The van der Waals surface area contributed by atoms with Crippen LogP contribution in [0.1, 0.15) is 10.4 Å². The molecule has 0 aliphatic carbocycles. The summed E-state index contributed by atoms with van der Waals surface area (Å²) < 4.78 is 0. The number of aryl methyl sites for hydroxylation is 1. The highest BCUT2D eigenvalue weighted by atomic mass is 35.5. The Morgan fingerprint density at radius 2 is 2.26 bits per heavy atom. The van der Waals surface area contributed by atoms with Gasteiger partial charge < -0.3 is 0 Å². The summed E-state index contributed by atoms with van der Waals surface area (Å²) in [7, 11) is 1.54. The molecule has 0 saturated heterocycles. The maximum atomic E-state index is 11.8. The molecule has 0 spiro atoms. The third kappa shape index (κ3) is 2.83. The number of nitro benzene ring substituents is 1. The third-order valence-electron chi connectivity index (χ3n) is 2.14. The number of anilines is 1. The van der Waals surface area contributed by atoms with Crippen molar-refractivity contribution in [2.75, 3.05) is 5.32 Å². The van der Waals surface area contributed by atoms with Crippen molar-refractivity contribution in [3.8, 4) is 0 Å². The largest absolute Gasteiger partial charge is 0.288 e. The van der Waals surface area contributed by atoms with Crippen LogP contribution in [0.2, 0.25) is 5.02 Å². The van der Waals surface area contributed by atoms with Gasteiger partial charge in [0, 0.05) is 11.6 Å². The number of tetrazole rings is 1. The number of nitrogens with zero attached hydrogens (tertiary/aromatic N) is 5. The predicted molar refractivity (Wildman–Crippen MR) is 64.9 cm³/mol. The Hall–Kier alpha value is -2.55. The van der Waals surface area contributed by atoms with Crippen LogP contribution in [-0.4, -0.2) is 31.0 Å². The molecule has 1 heterocycles. The molecule has 2 aromatic rings. The molecular formula is C9H7ClN6O3. The van der Waals surface area contributed by atoms with E-state index >= 15 is 0 Å². The van der Waals surface area contributed by atoms with E-state index in [0.29, 0.717) is 0 Å². The van der Waals surface area contributed by atoms with Crippen LogP contribution in [0.3, 0.4) is 0 Å². The summed E-state index contributed by atoms with van der Waals surface area (Å²) in [4.78, 5) is 23.0. The molecule has 0 unspecified atom stereocenters. The summed E-state index contributed by atoms with van der Waals surface area (Å²) >= 11 is 5.65. The highest BCUT2D eigenvalue weighted by Crippen LogP contribution is 2.25. The number of nitrogens with one attached hydrogen (secondary N) is 1. The van der Waals surface area contributed by atoms with Gasteiger partial charge in [0.15, 0.2) is 0 Å². The fourth-order valence-electron chi connectivity index (χ4n) is 1.30. The average Bonchev–Trinajstić information content (AvgIpc) is 2.74. The molecular weight excluding hydrogens is 276 g/mol. The zero-order valence-corrected chi connectivity index (χ0v) is 10.3. The Balaban J connectivity index is 2.24. The number of aromatic nitrogens is 4. The molecule has 98 valence electrons. The molecule has 0 saturated carbocycles. The second kappa shape index (κ2) is 4.98. The number of hydrogen-bond acceptors (Lipinski definition) is 6. The van der Waals surface area contributed by atoms with Crippen molar-refractivity contribution in [3.05, 3.63) is 38.9 Å². The first-order valence-corrected chi connectivity index (χ1v) is 5.34. The zero-order chi connectivity index (χ0) is 14.0. The molecule has 0 atom stereocenters. The van der Waals surface area contributed by atoms with Gasteiger partial charge in [-0.3, -0.25) is 20.2 Å². The van der Waals surface area contributed by atoms with Crippen LogP contribution in [0.15, 0.2) is 18.2 Å². The van der Waals surface area contributed by atoms with Gasteiger partial charge in [0.2, 0.25) is 0 Å². The summed E-state index contributed by atoms with van der Waals surface area (Å²) in [6, 6.07) is 3.72. The van der Waals surface area contributed by atoms with Crippen LogP contribution in [0.25, 0.3) is 0 Å². The second-order valence-corrected chi connectivity index (χ2v) is 3.89. The molecule has 1 amide bonds. The normalized spacial score (nSPS) is 10.2. The Morgan fingerprint density at radius 1 is 1.53 bits per heavy atom. The van der Waals surface area contributed by atoms with Gasteiger partial charge in [0.05, 0.1) is 12.0 Å². The Kier molecular flexibility index (Phi) is 3.38. The van der Waals surface area contributed by atoms with E-state index in [1.807, 2.05) is 0 Å². The fourth-order valence-corrected chi connectivity index (χ4v) is 1.49. The van der Waals surface area contributed by atoms with E-state index in [0.717, 1.165) is 6.07 Å². The highest BCUT2D eigenvalue weighted by Gasteiger charge is 2.17. The zero-order valence-electron chi connectivity index (χ0n) is 9.57. The summed E-state index contributed by atoms with van der Waals surface area (Å²) in [5.41, 5.74) is -0.273. The van der Waals surface area contributed by atoms with E-state index in [9.17, 15) is 14.9 Å². The standard InChI is InChI=1S/C9H7ClN6O3/c1-15-13-9(12-14-15)11-8(17)5-2-3-6(10)7(4-5)16(18)19/h2-4H,1H3,(H,11,13,17). The van der Waals surface area contributed by atoms with E-state index in [4.69, 9.17) is 11.6 Å². The Bertz CT molecular complexity index is 655. The SMILES string of the molecule is Cn1nnc(NC(=O)c2ccc(Cl)c([N+](=O)[O-])c2)n1. The molecule has 0 aliphatic heterocycles. The minimum Gasteiger partial charge on any atom is -0.288 e. The van der Waals surface area contributed by atoms with Crippen molar-refractivity contribution < 1.29 is 9.72 Å². The van der Waals surface area contributed by atoms with E-state index in [1.165, 1.54) is 24.0 Å². The van der Waals surface area contributed by atoms with Crippen molar-refractivity contribution in [3.63, 3.8) is 0 Å². The van der Waals surface area contributed by atoms with Gasteiger partial charge in [0.25, 0.3) is 17.5 Å². The molecule has 0 fully saturated rings. The number of nitro groups is 1. The highest BCUT2D eigenvalue weighted by molar-refractivity contribution is 6.32. The molecule has 0 aliphatic rings. The Labute approximate surface area is 111 Å². The predicted octanol–water partition coefficient (Wildman–Crippen LogP) is 1.02. The number of halogens is 1. The van der Waals surface area contributed by atoms with Gasteiger partial charge in [-0.15, -0.1) is 5.10 Å². The van der Waals surface area contributed by atoms with Gasteiger partial charge >= 0.3 is 0 Å². The lowest BCUT2D eigenvalue weighted by Gasteiger charge is -2.01. The van der Waals surface area contributed by atoms with Gasteiger partial charge in [-0.1, -0.05) is 16.7 Å². The average molecular weight is 283 g/mol. The van der Waals surface area contributed by atoms with Crippen molar-refractivity contribution in [1.82, 2.24) is 20.2 Å². The monoisotopic (exact) mass is 282 g/mol. The van der Waals surface area contributed by atoms with Crippen LogP contribution in [0.4, 0.5) is 11.6 Å². The number of carbonyl (C=O) groups is 1. The minimum atomic E-state index is -0.667. The number of rotatable bonds is 3. The topological polar surface area (TPSA) is 116 Å². The van der Waals surface area contributed by atoms with Crippen LogP contribution < -0.4 is 5.32 Å². The van der Waals surface area contributed by atoms with Crippen LogP contribution >= 0.6 is 11.6 Å². The second-order valence-electron chi connectivity index (χ2n) is 3.48. The molecule has 1 aromatic carbocycles. The molecule has 10 heteroatoms. The van der Waals surface area contributed by atoms with Crippen molar-refractivity contribution in [2.24, 2.45) is 7.05 Å². The van der Waals surface area contributed by atoms with Gasteiger partial charge in [-0.25, -0.2) is 0 Å². The van der Waals surface area contributed by atoms with Crippen molar-refractivity contribution >= 4 is 29.1 Å². The number of carbonyl (C=O) groups excluding carboxylic acids is 1. The minimum absolute atomic E-state index is 0.00473. The first-order valence-electron chi connectivity index (χ1n) is 4.96. The quantitative estimate of drug-likeness (QED) is 0.664. The van der Waals surface area contributed by atoms with Gasteiger partial charge in [0.1, 0.15) is 5.02 Å². The van der Waals surface area contributed by atoms with Crippen LogP contribution in [-0.2, 0) is 7.05 Å². The molecule has 9 nitrogen and oxygen atoms in total. The number of benzene rings is 1. The van der Waals surface area contributed by atoms with Crippen LogP contribution in [0, 0.1) is 10.1 Å². The van der Waals surface area contributed by atoms with E-state index in [-0.39, 0.29) is 22.2 Å². The smallest absolute Gasteiger partial charge is 0.288 e. The van der Waals surface area contributed by atoms with E-state index in [1.54, 1.807) is 0 Å². The fraction of sp³-hybridized carbons (Fsp3) is 0.111. The Morgan fingerprint density at radius 3 is 2.84 bits per heavy atom. The molecule has 2 rings (SSSR count). The first-order chi connectivity index (χ1) is 8.97. The van der Waals surface area contributed by atoms with Crippen LogP contribution in [0.5, 0.6) is 0 Å². The van der Waals surface area contributed by atoms with E-state index in [2.05, 4.69) is 20.7 Å². The number of amides is 1. The summed E-state index contributed by atoms with van der Waals surface area (Å²) in [5, 5.41) is 23.9. The third-order valence-corrected chi connectivity index (χ3v) is 2.46. The maximum Gasteiger partial charge on any atom is 0.288 e. The van der Waals surface area contributed by atoms with Gasteiger partial charge in [-0.05, 0) is 17.3 Å². The molecule has 0 bridgehead atoms. The molecule has 19 heavy (non-hydrogen) atoms. The molecule has 0 radical (unpaired) electrons. The van der Waals surface area contributed by atoms with Gasteiger partial charge in [-0.2, -0.15) is 4.80 Å². The lowest BCUT2D eigenvalue weighted by atomic mass is 10.2. The summed E-state index contributed by atoms with van der Waals surface area (Å²) in [5.74, 6) is -0.585. The first kappa shape index (κ1) is 12.9. The maximum absolute atomic E-state index is 11.8. The summed E-state index contributed by atoms with van der Waals surface area (Å²) in [6.07, 6.45) is 0. The van der Waals surface area contributed by atoms with Crippen molar-refractivity contribution in [1.29, 1.82) is 0 Å².